The number of amides is 1. The van der Waals surface area contributed by atoms with Crippen molar-refractivity contribution in [3.05, 3.63) is 78.5 Å². The van der Waals surface area contributed by atoms with E-state index in [0.717, 1.165) is 47.7 Å². The highest BCUT2D eigenvalue weighted by Crippen LogP contribution is 2.44. The molecule has 214 valence electrons. The minimum Gasteiger partial charge on any atom is -0.481 e. The molecule has 1 spiro atoms. The van der Waals surface area contributed by atoms with Gasteiger partial charge in [-0.15, -0.1) is 0 Å². The molecule has 5 aromatic rings. The third-order valence-electron chi connectivity index (χ3n) is 8.13. The predicted molar refractivity (Wildman–Crippen MR) is 154 cm³/mol. The molecule has 2 saturated heterocycles. The van der Waals surface area contributed by atoms with Crippen molar-refractivity contribution in [3.63, 3.8) is 0 Å². The lowest BCUT2D eigenvalue weighted by atomic mass is 9.79. The first kappa shape index (κ1) is 25.6. The van der Waals surface area contributed by atoms with Gasteiger partial charge in [-0.3, -0.25) is 4.79 Å². The number of rotatable bonds is 6. The maximum Gasteiger partial charge on any atom is 0.282 e. The normalized spacial score (nSPS) is 15.8. The number of aromatic nitrogens is 6. The lowest BCUT2D eigenvalue weighted by Gasteiger charge is -2.49. The monoisotopic (exact) mass is 567 g/mol. The van der Waals surface area contributed by atoms with Crippen LogP contribution in [-0.2, 0) is 4.79 Å². The number of fused-ring (bicyclic) bond motifs is 2. The third-order valence-corrected chi connectivity index (χ3v) is 8.13. The number of carbonyl (C=O) groups is 1. The molecule has 6 heterocycles. The van der Waals surface area contributed by atoms with Gasteiger partial charge < -0.3 is 30.1 Å². The Kier molecular flexibility index (Phi) is 5.89. The molecule has 2 aliphatic heterocycles. The van der Waals surface area contributed by atoms with Gasteiger partial charge in [0.25, 0.3) is 11.9 Å². The van der Waals surface area contributed by atoms with Crippen LogP contribution in [0.5, 0.6) is 11.5 Å². The molecule has 3 N–H and O–H groups in total. The van der Waals surface area contributed by atoms with Crippen molar-refractivity contribution in [1.29, 1.82) is 0 Å². The number of anilines is 3. The van der Waals surface area contributed by atoms with Crippen molar-refractivity contribution >= 4 is 34.3 Å². The Balaban J connectivity index is 1.07. The Labute approximate surface area is 240 Å². The summed E-state index contributed by atoms with van der Waals surface area (Å²) in [6.45, 7) is 6.16. The summed E-state index contributed by atoms with van der Waals surface area (Å²) in [7, 11) is 0. The second kappa shape index (κ2) is 9.65. The molecule has 2 fully saturated rings. The lowest BCUT2D eigenvalue weighted by molar-refractivity contribution is -0.127. The van der Waals surface area contributed by atoms with Crippen LogP contribution in [-0.4, -0.2) is 76.4 Å². The van der Waals surface area contributed by atoms with E-state index >= 15 is 0 Å². The molecule has 42 heavy (non-hydrogen) atoms. The number of pyridine rings is 1. The van der Waals surface area contributed by atoms with E-state index < -0.39 is 5.95 Å². The topological polar surface area (TPSA) is 146 Å². The summed E-state index contributed by atoms with van der Waals surface area (Å²) in [5.41, 5.74) is 4.34. The highest BCUT2D eigenvalue weighted by molar-refractivity contribution is 5.93. The second-order valence-electron chi connectivity index (χ2n) is 11.0. The summed E-state index contributed by atoms with van der Waals surface area (Å²) in [5, 5.41) is 30.6. The minimum atomic E-state index is -0.918. The van der Waals surface area contributed by atoms with Crippen molar-refractivity contribution in [1.82, 2.24) is 34.1 Å². The van der Waals surface area contributed by atoms with Crippen LogP contribution in [0.4, 0.5) is 17.2 Å². The van der Waals surface area contributed by atoms with Crippen molar-refractivity contribution in [2.75, 3.05) is 36.4 Å². The van der Waals surface area contributed by atoms with Crippen molar-refractivity contribution in [2.45, 2.75) is 20.3 Å². The van der Waals surface area contributed by atoms with Gasteiger partial charge in [0.05, 0.1) is 11.3 Å². The van der Waals surface area contributed by atoms with Gasteiger partial charge in [0.2, 0.25) is 0 Å². The summed E-state index contributed by atoms with van der Waals surface area (Å²) in [6.07, 6.45) is 7.61. The molecule has 13 heteroatoms. The van der Waals surface area contributed by atoms with Gasteiger partial charge >= 0.3 is 0 Å². The quantitative estimate of drug-likeness (QED) is 0.203. The van der Waals surface area contributed by atoms with E-state index in [1.807, 2.05) is 60.2 Å². The molecule has 2 aliphatic rings. The molecule has 0 aliphatic carbocycles. The molecular formula is C29H29N9O4. The summed E-state index contributed by atoms with van der Waals surface area (Å²) in [6, 6.07) is 11.6. The summed E-state index contributed by atoms with van der Waals surface area (Å²) in [4.78, 5) is 25.3. The van der Waals surface area contributed by atoms with E-state index in [2.05, 4.69) is 30.4 Å². The highest BCUT2D eigenvalue weighted by Gasteiger charge is 2.49. The van der Waals surface area contributed by atoms with Crippen molar-refractivity contribution < 1.29 is 19.7 Å². The first-order valence-electron chi connectivity index (χ1n) is 13.6. The van der Waals surface area contributed by atoms with Crippen LogP contribution in [0.2, 0.25) is 0 Å². The van der Waals surface area contributed by atoms with E-state index in [0.29, 0.717) is 30.3 Å². The first-order valence-corrected chi connectivity index (χ1v) is 13.6. The SMILES string of the molecule is CC(C(=O)N1CCC2(C1)CN(c1ccn3ncnc(Nc4ccc(Oc5ccn6ncnc6c5)c(C)c4)c13)C2)=C(O)O. The van der Waals surface area contributed by atoms with E-state index in [1.165, 1.54) is 19.6 Å². The summed E-state index contributed by atoms with van der Waals surface area (Å²) < 4.78 is 9.61. The number of nitrogens with zero attached hydrogens (tertiary/aromatic N) is 8. The molecule has 0 bridgehead atoms. The maximum atomic E-state index is 12.6. The van der Waals surface area contributed by atoms with Crippen LogP contribution >= 0.6 is 0 Å². The molecule has 1 aromatic carbocycles. The van der Waals surface area contributed by atoms with Gasteiger partial charge in [-0.2, -0.15) is 10.2 Å². The number of likely N-dealkylation sites (tertiary alicyclic amines) is 1. The zero-order valence-corrected chi connectivity index (χ0v) is 23.1. The fourth-order valence-electron chi connectivity index (χ4n) is 5.88. The van der Waals surface area contributed by atoms with E-state index in [4.69, 9.17) is 4.74 Å². The van der Waals surface area contributed by atoms with Gasteiger partial charge in [0.1, 0.15) is 29.7 Å². The Morgan fingerprint density at radius 3 is 2.60 bits per heavy atom. The van der Waals surface area contributed by atoms with Gasteiger partial charge in [-0.25, -0.2) is 19.0 Å². The number of benzene rings is 1. The number of carbonyl (C=O) groups excluding carboxylic acids is 1. The average Bonchev–Trinajstić information content (AvgIpc) is 3.71. The predicted octanol–water partition coefficient (Wildman–Crippen LogP) is 4.00. The molecule has 0 radical (unpaired) electrons. The van der Waals surface area contributed by atoms with Gasteiger partial charge in [-0.05, 0) is 56.2 Å². The smallest absolute Gasteiger partial charge is 0.282 e. The fraction of sp³-hybridized carbons (Fsp3) is 0.276. The van der Waals surface area contributed by atoms with E-state index in [1.54, 1.807) is 9.42 Å². The second-order valence-corrected chi connectivity index (χ2v) is 11.0. The number of aliphatic hydroxyl groups is 2. The van der Waals surface area contributed by atoms with E-state index in [-0.39, 0.29) is 16.9 Å². The van der Waals surface area contributed by atoms with Gasteiger partial charge in [-0.1, -0.05) is 0 Å². The standard InChI is InChI=1S/C29H29N9O4/c1-18-11-20(3-4-23(18)42-21-5-8-37-24(12-21)30-16-32-37)34-26-25-22(6-9-38(25)33-17-31-26)36-14-29(15-36)7-10-35(13-29)27(39)19(2)28(40)41/h3-6,8-9,11-12,16-17,40-41H,7,10,13-15H2,1-2H3,(H,31,33,34). The molecule has 1 amide bonds. The average molecular weight is 568 g/mol. The number of hydrogen-bond donors (Lipinski definition) is 3. The molecule has 0 atom stereocenters. The summed E-state index contributed by atoms with van der Waals surface area (Å²) in [5.74, 6) is 0.839. The number of hydrogen-bond acceptors (Lipinski definition) is 10. The number of aliphatic hydroxyl groups excluding tert-OH is 1. The zero-order chi connectivity index (χ0) is 29.0. The van der Waals surface area contributed by atoms with Crippen LogP contribution in [0.1, 0.15) is 18.9 Å². The molecular weight excluding hydrogens is 538 g/mol. The Hall–Kier alpha value is -5.33. The highest BCUT2D eigenvalue weighted by atomic mass is 16.5. The third kappa shape index (κ3) is 4.39. The van der Waals surface area contributed by atoms with Crippen molar-refractivity contribution in [3.8, 4) is 11.5 Å². The molecule has 0 unspecified atom stereocenters. The van der Waals surface area contributed by atoms with E-state index in [9.17, 15) is 15.0 Å². The maximum absolute atomic E-state index is 12.6. The zero-order valence-electron chi connectivity index (χ0n) is 23.1. The largest absolute Gasteiger partial charge is 0.481 e. The fourth-order valence-corrected chi connectivity index (χ4v) is 5.88. The van der Waals surface area contributed by atoms with Gasteiger partial charge in [0.15, 0.2) is 11.5 Å². The number of aryl methyl sites for hydroxylation is 1. The van der Waals surface area contributed by atoms with Crippen LogP contribution in [0, 0.1) is 12.3 Å². The van der Waals surface area contributed by atoms with Crippen molar-refractivity contribution in [2.24, 2.45) is 5.41 Å². The summed E-state index contributed by atoms with van der Waals surface area (Å²) >= 11 is 0. The number of ether oxygens (including phenoxy) is 1. The Morgan fingerprint density at radius 2 is 1.79 bits per heavy atom. The molecule has 7 rings (SSSR count). The Morgan fingerprint density at radius 1 is 1.00 bits per heavy atom. The minimum absolute atomic E-state index is 0.0237. The van der Waals surface area contributed by atoms with Crippen LogP contribution in [0.3, 0.4) is 0 Å². The van der Waals surface area contributed by atoms with Gasteiger partial charge in [0, 0.05) is 55.7 Å². The van der Waals surface area contributed by atoms with Crippen LogP contribution in [0.25, 0.3) is 11.2 Å². The molecule has 13 nitrogen and oxygen atoms in total. The Bertz CT molecular complexity index is 1870. The number of nitrogens with one attached hydrogen (secondary N) is 1. The van der Waals surface area contributed by atoms with Crippen LogP contribution in [0.15, 0.2) is 73.0 Å². The molecule has 0 saturated carbocycles. The molecule has 4 aromatic heterocycles. The van der Waals surface area contributed by atoms with Crippen LogP contribution < -0.4 is 15.0 Å². The first-order chi connectivity index (χ1) is 20.3. The lowest BCUT2D eigenvalue weighted by Crippen LogP contribution is -2.58.